The molecule has 7 nitrogen and oxygen atoms in total. The van der Waals surface area contributed by atoms with Gasteiger partial charge in [0.25, 0.3) is 0 Å². The molecule has 0 saturated carbocycles. The summed E-state index contributed by atoms with van der Waals surface area (Å²) in [5, 5.41) is 19.3. The predicted molar refractivity (Wildman–Crippen MR) is 80.4 cm³/mol. The predicted octanol–water partition coefficient (Wildman–Crippen LogP) is 2.37. The molecule has 8 heteroatoms. The average molecular weight is 319 g/mol. The highest BCUT2D eigenvalue weighted by atomic mass is 35.5. The van der Waals surface area contributed by atoms with E-state index in [4.69, 9.17) is 21.6 Å². The van der Waals surface area contributed by atoms with Crippen LogP contribution in [0.3, 0.4) is 0 Å². The number of anilines is 1. The SMILES string of the molecule is Cc1nc([C@@H]2CC[C@H](CNc3ncc(C#N)cc3Cl)O2)n[nH]1. The molecule has 3 rings (SSSR count). The number of H-pyrrole nitrogens is 1. The van der Waals surface area contributed by atoms with Crippen LogP contribution in [0.4, 0.5) is 5.82 Å². The van der Waals surface area contributed by atoms with Crippen LogP contribution >= 0.6 is 11.6 Å². The molecule has 0 radical (unpaired) electrons. The van der Waals surface area contributed by atoms with Crippen LogP contribution in [0.5, 0.6) is 0 Å². The lowest BCUT2D eigenvalue weighted by Crippen LogP contribution is -2.20. The maximum absolute atomic E-state index is 8.79. The molecular formula is C14H15ClN6O. The van der Waals surface area contributed by atoms with Crippen LogP contribution in [0.15, 0.2) is 12.3 Å². The van der Waals surface area contributed by atoms with E-state index in [0.717, 1.165) is 18.7 Å². The van der Waals surface area contributed by atoms with E-state index >= 15 is 0 Å². The number of ether oxygens (including phenoxy) is 1. The van der Waals surface area contributed by atoms with Crippen LogP contribution in [-0.2, 0) is 4.74 Å². The van der Waals surface area contributed by atoms with Gasteiger partial charge in [-0.3, -0.25) is 5.10 Å². The minimum atomic E-state index is -0.0684. The monoisotopic (exact) mass is 318 g/mol. The molecule has 1 fully saturated rings. The molecule has 114 valence electrons. The zero-order chi connectivity index (χ0) is 15.5. The molecule has 1 aliphatic heterocycles. The Morgan fingerprint density at radius 3 is 3.09 bits per heavy atom. The summed E-state index contributed by atoms with van der Waals surface area (Å²) in [6.07, 6.45) is 3.28. The number of aryl methyl sites for hydroxylation is 1. The average Bonchev–Trinajstić information content (AvgIpc) is 3.14. The number of halogens is 1. The van der Waals surface area contributed by atoms with Crippen molar-refractivity contribution in [3.05, 3.63) is 34.5 Å². The molecule has 3 heterocycles. The number of hydrogen-bond donors (Lipinski definition) is 2. The van der Waals surface area contributed by atoms with Gasteiger partial charge in [0.2, 0.25) is 0 Å². The first-order valence-corrected chi connectivity index (χ1v) is 7.37. The lowest BCUT2D eigenvalue weighted by molar-refractivity contribution is 0.0472. The summed E-state index contributed by atoms with van der Waals surface area (Å²) in [5.41, 5.74) is 0.438. The van der Waals surface area contributed by atoms with E-state index in [1.807, 2.05) is 13.0 Å². The first-order valence-electron chi connectivity index (χ1n) is 6.99. The second kappa shape index (κ2) is 6.30. The zero-order valence-electron chi connectivity index (χ0n) is 12.0. The summed E-state index contributed by atoms with van der Waals surface area (Å²) < 4.78 is 5.94. The van der Waals surface area contributed by atoms with E-state index < -0.39 is 0 Å². The summed E-state index contributed by atoms with van der Waals surface area (Å²) in [4.78, 5) is 8.44. The van der Waals surface area contributed by atoms with Gasteiger partial charge in [-0.05, 0) is 25.8 Å². The van der Waals surface area contributed by atoms with Crippen molar-refractivity contribution in [1.82, 2.24) is 20.2 Å². The highest BCUT2D eigenvalue weighted by molar-refractivity contribution is 6.33. The van der Waals surface area contributed by atoms with Crippen molar-refractivity contribution < 1.29 is 4.74 Å². The van der Waals surface area contributed by atoms with Crippen molar-refractivity contribution in [2.24, 2.45) is 0 Å². The Kier molecular flexibility index (Phi) is 4.22. The summed E-state index contributed by atoms with van der Waals surface area (Å²) in [7, 11) is 0. The molecule has 1 aliphatic rings. The van der Waals surface area contributed by atoms with Crippen molar-refractivity contribution in [3.63, 3.8) is 0 Å². The lowest BCUT2D eigenvalue weighted by atomic mass is 10.2. The van der Waals surface area contributed by atoms with Gasteiger partial charge < -0.3 is 10.1 Å². The van der Waals surface area contributed by atoms with Crippen LogP contribution < -0.4 is 5.32 Å². The number of nitriles is 1. The highest BCUT2D eigenvalue weighted by Crippen LogP contribution is 2.31. The fourth-order valence-corrected chi connectivity index (χ4v) is 2.62. The van der Waals surface area contributed by atoms with Crippen LogP contribution in [0, 0.1) is 18.3 Å². The fourth-order valence-electron chi connectivity index (χ4n) is 2.39. The van der Waals surface area contributed by atoms with Crippen molar-refractivity contribution in [1.29, 1.82) is 5.26 Å². The van der Waals surface area contributed by atoms with Crippen LogP contribution in [0.25, 0.3) is 0 Å². The molecule has 2 atom stereocenters. The molecule has 0 aliphatic carbocycles. The van der Waals surface area contributed by atoms with E-state index in [2.05, 4.69) is 25.5 Å². The zero-order valence-corrected chi connectivity index (χ0v) is 12.8. The normalized spacial score (nSPS) is 20.8. The van der Waals surface area contributed by atoms with Gasteiger partial charge in [-0.25, -0.2) is 9.97 Å². The van der Waals surface area contributed by atoms with Gasteiger partial charge in [0, 0.05) is 12.7 Å². The molecule has 0 aromatic carbocycles. The quantitative estimate of drug-likeness (QED) is 0.897. The van der Waals surface area contributed by atoms with Gasteiger partial charge in [0.05, 0.1) is 16.7 Å². The van der Waals surface area contributed by atoms with Gasteiger partial charge in [-0.15, -0.1) is 0 Å². The van der Waals surface area contributed by atoms with Crippen LogP contribution in [-0.4, -0.2) is 32.8 Å². The Morgan fingerprint density at radius 1 is 1.55 bits per heavy atom. The smallest absolute Gasteiger partial charge is 0.179 e. The van der Waals surface area contributed by atoms with Gasteiger partial charge in [-0.1, -0.05) is 11.6 Å². The molecule has 2 aromatic rings. The second-order valence-corrected chi connectivity index (χ2v) is 5.56. The summed E-state index contributed by atoms with van der Waals surface area (Å²) in [5.74, 6) is 2.05. The Morgan fingerprint density at radius 2 is 2.41 bits per heavy atom. The minimum Gasteiger partial charge on any atom is -0.366 e. The molecule has 2 N–H and O–H groups in total. The first kappa shape index (κ1) is 14.8. The third-order valence-corrected chi connectivity index (χ3v) is 3.77. The van der Waals surface area contributed by atoms with Crippen molar-refractivity contribution in [3.8, 4) is 6.07 Å². The number of rotatable bonds is 4. The Balaban J connectivity index is 1.56. The van der Waals surface area contributed by atoms with Gasteiger partial charge >= 0.3 is 0 Å². The van der Waals surface area contributed by atoms with Gasteiger partial charge in [0.15, 0.2) is 5.82 Å². The molecule has 2 aromatic heterocycles. The van der Waals surface area contributed by atoms with Gasteiger partial charge in [-0.2, -0.15) is 10.4 Å². The van der Waals surface area contributed by atoms with Crippen molar-refractivity contribution in [2.45, 2.75) is 32.0 Å². The highest BCUT2D eigenvalue weighted by Gasteiger charge is 2.29. The molecule has 0 spiro atoms. The molecule has 22 heavy (non-hydrogen) atoms. The van der Waals surface area contributed by atoms with E-state index in [9.17, 15) is 0 Å². The summed E-state index contributed by atoms with van der Waals surface area (Å²) in [6, 6.07) is 3.59. The minimum absolute atomic E-state index is 0.0531. The van der Waals surface area contributed by atoms with E-state index in [-0.39, 0.29) is 12.2 Å². The second-order valence-electron chi connectivity index (χ2n) is 5.15. The van der Waals surface area contributed by atoms with Crippen LogP contribution in [0.2, 0.25) is 5.02 Å². The standard InChI is InChI=1S/C14H15ClN6O/c1-8-19-14(21-20-8)12-3-2-10(22-12)7-18-13-11(15)4-9(5-16)6-17-13/h4,6,10,12H,2-3,7H2,1H3,(H,17,18)(H,19,20,21)/t10-,12+/m1/s1. The maximum Gasteiger partial charge on any atom is 0.179 e. The fraction of sp³-hybridized carbons (Fsp3) is 0.429. The number of pyridine rings is 1. The number of hydrogen-bond acceptors (Lipinski definition) is 6. The largest absolute Gasteiger partial charge is 0.366 e. The topological polar surface area (TPSA) is 99.5 Å². The summed E-state index contributed by atoms with van der Waals surface area (Å²) in [6.45, 7) is 2.46. The van der Waals surface area contributed by atoms with E-state index in [1.54, 1.807) is 6.07 Å². The number of nitrogens with zero attached hydrogens (tertiary/aromatic N) is 4. The van der Waals surface area contributed by atoms with Crippen LogP contribution in [0.1, 0.15) is 36.2 Å². The Hall–Kier alpha value is -2.17. The first-order chi connectivity index (χ1) is 10.7. The third kappa shape index (κ3) is 3.18. The molecule has 0 bridgehead atoms. The van der Waals surface area contributed by atoms with E-state index in [1.165, 1.54) is 6.20 Å². The summed E-state index contributed by atoms with van der Waals surface area (Å²) >= 11 is 6.08. The number of aromatic nitrogens is 4. The number of aromatic amines is 1. The molecular weight excluding hydrogens is 304 g/mol. The third-order valence-electron chi connectivity index (χ3n) is 3.48. The number of nitrogens with one attached hydrogen (secondary N) is 2. The Bertz CT molecular complexity index is 710. The van der Waals surface area contributed by atoms with E-state index in [0.29, 0.717) is 28.8 Å². The maximum atomic E-state index is 8.79. The van der Waals surface area contributed by atoms with Crippen molar-refractivity contribution >= 4 is 17.4 Å². The Labute approximate surface area is 132 Å². The molecule has 1 saturated heterocycles. The van der Waals surface area contributed by atoms with Crippen molar-refractivity contribution in [2.75, 3.05) is 11.9 Å². The molecule has 0 amide bonds. The lowest BCUT2D eigenvalue weighted by Gasteiger charge is -2.13. The van der Waals surface area contributed by atoms with Gasteiger partial charge in [0.1, 0.15) is 23.8 Å². The molecule has 0 unspecified atom stereocenters.